The number of nitriles is 1. The van der Waals surface area contributed by atoms with Gasteiger partial charge in [-0.15, -0.1) is 0 Å². The average Bonchev–Trinajstić information content (AvgIpc) is 2.38. The molecule has 1 rings (SSSR count). The third kappa shape index (κ3) is 5.00. The molecule has 0 bridgehead atoms. The second-order valence-electron chi connectivity index (χ2n) is 5.45. The zero-order chi connectivity index (χ0) is 14.5. The molecule has 1 saturated heterocycles. The lowest BCUT2D eigenvalue weighted by molar-refractivity contribution is -0.185. The molecule has 0 saturated carbocycles. The van der Waals surface area contributed by atoms with Crippen LogP contribution < -0.4 is 5.32 Å². The van der Waals surface area contributed by atoms with Crippen LogP contribution in [0.15, 0.2) is 0 Å². The van der Waals surface area contributed by atoms with Gasteiger partial charge in [-0.1, -0.05) is 0 Å². The van der Waals surface area contributed by atoms with Crippen LogP contribution in [0.2, 0.25) is 0 Å². The first-order chi connectivity index (χ1) is 8.80. The zero-order valence-electron chi connectivity index (χ0n) is 11.6. The van der Waals surface area contributed by atoms with E-state index in [-0.39, 0.29) is 12.8 Å². The van der Waals surface area contributed by atoms with Crippen LogP contribution in [0.4, 0.5) is 13.2 Å². The van der Waals surface area contributed by atoms with E-state index in [1.807, 2.05) is 6.92 Å². The highest BCUT2D eigenvalue weighted by molar-refractivity contribution is 5.02. The normalized spacial score (nSPS) is 21.9. The predicted molar refractivity (Wildman–Crippen MR) is 67.5 cm³/mol. The van der Waals surface area contributed by atoms with E-state index < -0.39 is 17.6 Å². The average molecular weight is 277 g/mol. The number of hydrogen-bond donors (Lipinski definition) is 1. The first kappa shape index (κ1) is 16.3. The summed E-state index contributed by atoms with van der Waals surface area (Å²) in [6, 6.07) is 2.21. The fourth-order valence-electron chi connectivity index (χ4n) is 2.38. The first-order valence-electron chi connectivity index (χ1n) is 6.70. The minimum Gasteiger partial charge on any atom is -0.303 e. The third-order valence-electron chi connectivity index (χ3n) is 4.00. The molecule has 0 aromatic carbocycles. The van der Waals surface area contributed by atoms with Gasteiger partial charge in [0, 0.05) is 0 Å². The van der Waals surface area contributed by atoms with E-state index in [1.54, 1.807) is 7.05 Å². The van der Waals surface area contributed by atoms with Crippen molar-refractivity contribution in [2.75, 3.05) is 26.7 Å². The van der Waals surface area contributed by atoms with E-state index in [4.69, 9.17) is 5.26 Å². The Morgan fingerprint density at radius 2 is 1.89 bits per heavy atom. The summed E-state index contributed by atoms with van der Waals surface area (Å²) in [5.74, 6) is -1.13. The highest BCUT2D eigenvalue weighted by atomic mass is 19.4. The molecule has 1 unspecified atom stereocenters. The van der Waals surface area contributed by atoms with Gasteiger partial charge in [-0.2, -0.15) is 18.4 Å². The predicted octanol–water partition coefficient (Wildman–Crippen LogP) is 2.54. The van der Waals surface area contributed by atoms with Crippen molar-refractivity contribution in [1.29, 1.82) is 5.26 Å². The smallest absolute Gasteiger partial charge is 0.303 e. The molecule has 19 heavy (non-hydrogen) atoms. The number of piperidine rings is 1. The number of nitrogens with one attached hydrogen (secondary N) is 1. The Kier molecular flexibility index (Phi) is 5.63. The summed E-state index contributed by atoms with van der Waals surface area (Å²) < 4.78 is 37.5. The molecule has 1 aliphatic rings. The van der Waals surface area contributed by atoms with Crippen LogP contribution >= 0.6 is 0 Å². The maximum Gasteiger partial charge on any atom is 0.391 e. The van der Waals surface area contributed by atoms with E-state index in [0.29, 0.717) is 19.5 Å². The second kappa shape index (κ2) is 6.58. The molecule has 0 aromatic heterocycles. The van der Waals surface area contributed by atoms with Crippen LogP contribution in [-0.4, -0.2) is 43.3 Å². The molecule has 0 aliphatic carbocycles. The molecule has 0 radical (unpaired) electrons. The van der Waals surface area contributed by atoms with Crippen molar-refractivity contribution in [3.05, 3.63) is 0 Å². The molecule has 3 nitrogen and oxygen atoms in total. The number of rotatable bonds is 5. The molecule has 0 amide bonds. The van der Waals surface area contributed by atoms with E-state index in [9.17, 15) is 13.2 Å². The number of nitrogens with zero attached hydrogens (tertiary/aromatic N) is 2. The Morgan fingerprint density at radius 1 is 1.32 bits per heavy atom. The van der Waals surface area contributed by atoms with Crippen LogP contribution in [0.3, 0.4) is 0 Å². The lowest BCUT2D eigenvalue weighted by Crippen LogP contribution is -2.41. The van der Waals surface area contributed by atoms with Crippen LogP contribution in [0.25, 0.3) is 0 Å². The van der Waals surface area contributed by atoms with Crippen molar-refractivity contribution >= 4 is 0 Å². The minimum absolute atomic E-state index is 0.199. The zero-order valence-corrected chi connectivity index (χ0v) is 11.6. The SMILES string of the molecule is CNC(C)(C#N)CCCN1CCC(C(F)(F)F)CC1. The lowest BCUT2D eigenvalue weighted by atomic mass is 9.95. The summed E-state index contributed by atoms with van der Waals surface area (Å²) in [6.45, 7) is 3.62. The standard InChI is InChI=1S/C13H22F3N3/c1-12(10-17,18-2)6-3-7-19-8-4-11(5-9-19)13(14,15)16/h11,18H,3-9H2,1-2H3. The van der Waals surface area contributed by atoms with Gasteiger partial charge in [-0.25, -0.2) is 0 Å². The van der Waals surface area contributed by atoms with Crippen LogP contribution in [0.1, 0.15) is 32.6 Å². The Bertz CT molecular complexity index is 316. The molecule has 1 atom stereocenters. The summed E-state index contributed by atoms with van der Waals surface area (Å²) in [4.78, 5) is 2.07. The van der Waals surface area contributed by atoms with Crippen LogP contribution in [-0.2, 0) is 0 Å². The molecule has 1 heterocycles. The molecule has 1 fully saturated rings. The van der Waals surface area contributed by atoms with E-state index in [2.05, 4.69) is 16.3 Å². The first-order valence-corrected chi connectivity index (χ1v) is 6.70. The fourth-order valence-corrected chi connectivity index (χ4v) is 2.38. The minimum atomic E-state index is -4.04. The molecule has 6 heteroatoms. The Labute approximate surface area is 112 Å². The quantitative estimate of drug-likeness (QED) is 0.839. The highest BCUT2D eigenvalue weighted by Gasteiger charge is 2.40. The van der Waals surface area contributed by atoms with Gasteiger partial charge in [-0.05, 0) is 59.3 Å². The molecule has 1 aliphatic heterocycles. The lowest BCUT2D eigenvalue weighted by Gasteiger charge is -2.33. The van der Waals surface area contributed by atoms with Crippen molar-refractivity contribution in [2.24, 2.45) is 5.92 Å². The van der Waals surface area contributed by atoms with Gasteiger partial charge in [0.15, 0.2) is 0 Å². The Balaban J connectivity index is 2.26. The van der Waals surface area contributed by atoms with Gasteiger partial charge in [0.1, 0.15) is 5.54 Å². The van der Waals surface area contributed by atoms with Crippen molar-refractivity contribution in [1.82, 2.24) is 10.2 Å². The van der Waals surface area contributed by atoms with Gasteiger partial charge in [0.25, 0.3) is 0 Å². The third-order valence-corrected chi connectivity index (χ3v) is 4.00. The summed E-state index contributed by atoms with van der Waals surface area (Å²) in [5, 5.41) is 12.0. The molecular formula is C13H22F3N3. The fraction of sp³-hybridized carbons (Fsp3) is 0.923. The monoisotopic (exact) mass is 277 g/mol. The van der Waals surface area contributed by atoms with Gasteiger partial charge in [0.05, 0.1) is 12.0 Å². The molecule has 0 aromatic rings. The van der Waals surface area contributed by atoms with Crippen LogP contribution in [0, 0.1) is 17.2 Å². The Hall–Kier alpha value is -0.800. The number of halogens is 3. The van der Waals surface area contributed by atoms with Crippen molar-refractivity contribution in [2.45, 2.75) is 44.3 Å². The van der Waals surface area contributed by atoms with E-state index in [1.165, 1.54) is 0 Å². The van der Waals surface area contributed by atoms with E-state index in [0.717, 1.165) is 13.0 Å². The number of hydrogen-bond acceptors (Lipinski definition) is 3. The summed E-state index contributed by atoms with van der Waals surface area (Å²) in [6.07, 6.45) is -2.12. The largest absolute Gasteiger partial charge is 0.391 e. The van der Waals surface area contributed by atoms with Gasteiger partial charge < -0.3 is 10.2 Å². The maximum absolute atomic E-state index is 12.5. The molecular weight excluding hydrogens is 255 g/mol. The van der Waals surface area contributed by atoms with Gasteiger partial charge >= 0.3 is 6.18 Å². The van der Waals surface area contributed by atoms with E-state index >= 15 is 0 Å². The number of alkyl halides is 3. The molecule has 0 spiro atoms. The number of likely N-dealkylation sites (tertiary alicyclic amines) is 1. The summed E-state index contributed by atoms with van der Waals surface area (Å²) in [7, 11) is 1.75. The molecule has 1 N–H and O–H groups in total. The molecule has 110 valence electrons. The summed E-state index contributed by atoms with van der Waals surface area (Å²) >= 11 is 0. The Morgan fingerprint density at radius 3 is 2.32 bits per heavy atom. The van der Waals surface area contributed by atoms with Gasteiger partial charge in [0.2, 0.25) is 0 Å². The van der Waals surface area contributed by atoms with Gasteiger partial charge in [-0.3, -0.25) is 0 Å². The highest BCUT2D eigenvalue weighted by Crippen LogP contribution is 2.34. The van der Waals surface area contributed by atoms with Crippen molar-refractivity contribution < 1.29 is 13.2 Å². The second-order valence-corrected chi connectivity index (χ2v) is 5.45. The summed E-state index contributed by atoms with van der Waals surface area (Å²) in [5.41, 5.74) is -0.537. The van der Waals surface area contributed by atoms with Crippen molar-refractivity contribution in [3.8, 4) is 6.07 Å². The van der Waals surface area contributed by atoms with Crippen LogP contribution in [0.5, 0.6) is 0 Å². The van der Waals surface area contributed by atoms with Crippen molar-refractivity contribution in [3.63, 3.8) is 0 Å². The topological polar surface area (TPSA) is 39.1 Å². The maximum atomic E-state index is 12.5.